The first-order valence-electron chi connectivity index (χ1n) is 8.10. The number of hydrogen-bond donors (Lipinski definition) is 3. The van der Waals surface area contributed by atoms with E-state index in [9.17, 15) is 14.0 Å². The zero-order chi connectivity index (χ0) is 20.0. The number of nitrogens with zero attached hydrogens (tertiary/aromatic N) is 2. The molecule has 3 amide bonds. The molecule has 1 aliphatic rings. The van der Waals surface area contributed by atoms with E-state index >= 15 is 0 Å². The van der Waals surface area contributed by atoms with E-state index < -0.39 is 11.9 Å². The Hall–Kier alpha value is -2.52. The second kappa shape index (κ2) is 9.43. The number of nitrogens with one attached hydrogen (secondary N) is 1. The fraction of sp³-hybridized carbons (Fsp3) is 0.294. The van der Waals surface area contributed by atoms with E-state index in [0.29, 0.717) is 36.5 Å². The van der Waals surface area contributed by atoms with Crippen molar-refractivity contribution in [2.75, 3.05) is 13.1 Å². The lowest BCUT2D eigenvalue weighted by Crippen LogP contribution is -2.45. The summed E-state index contributed by atoms with van der Waals surface area (Å²) in [6.07, 6.45) is 2.75. The Kier molecular flexibility index (Phi) is 7.26. The number of carbonyl (C=O) groups excluding carboxylic acids is 2. The Bertz CT molecular complexity index is 818. The third kappa shape index (κ3) is 6.61. The zero-order valence-corrected chi connectivity index (χ0v) is 15.9. The number of benzene rings is 1. The quantitative estimate of drug-likeness (QED) is 0.402. The number of urea groups is 1. The number of amides is 3. The molecule has 0 atom stereocenters. The van der Waals surface area contributed by atoms with E-state index in [4.69, 9.17) is 35.3 Å². The zero-order valence-electron chi connectivity index (χ0n) is 14.4. The third-order valence-electron chi connectivity index (χ3n) is 3.83. The van der Waals surface area contributed by atoms with Crippen LogP contribution in [0.15, 0.2) is 28.8 Å². The number of piperidine rings is 1. The van der Waals surface area contributed by atoms with E-state index in [2.05, 4.69) is 10.3 Å². The highest BCUT2D eigenvalue weighted by molar-refractivity contribution is 7.80. The molecule has 0 spiro atoms. The van der Waals surface area contributed by atoms with Gasteiger partial charge in [-0.05, 0) is 37.2 Å². The first-order valence-corrected chi connectivity index (χ1v) is 8.89. The molecular formula is C17H19ClFN5O2S. The molecule has 2 rings (SSSR count). The summed E-state index contributed by atoms with van der Waals surface area (Å²) in [6, 6.07) is 4.11. The fourth-order valence-corrected chi connectivity index (χ4v) is 2.89. The third-order valence-corrected chi connectivity index (χ3v) is 4.26. The number of hydrogen-bond acceptors (Lipinski definition) is 3. The van der Waals surface area contributed by atoms with Crippen LogP contribution in [0.3, 0.4) is 0 Å². The van der Waals surface area contributed by atoms with Crippen LogP contribution in [0.5, 0.6) is 0 Å². The number of aliphatic imine (C=N–C) groups is 1. The Balaban J connectivity index is 1.89. The van der Waals surface area contributed by atoms with Gasteiger partial charge in [0, 0.05) is 23.7 Å². The molecule has 1 fully saturated rings. The van der Waals surface area contributed by atoms with Crippen molar-refractivity contribution in [3.63, 3.8) is 0 Å². The van der Waals surface area contributed by atoms with Gasteiger partial charge < -0.3 is 16.4 Å². The van der Waals surface area contributed by atoms with Crippen LogP contribution in [0.4, 0.5) is 9.18 Å². The predicted molar refractivity (Wildman–Crippen MR) is 107 cm³/mol. The SMILES string of the molecule is NC(=O)C/C(N)=N/C(=S)NC(=O)N1CCC(=Cc2ccc(Cl)cc2F)CC1. The van der Waals surface area contributed by atoms with Gasteiger partial charge in [-0.1, -0.05) is 29.3 Å². The Labute approximate surface area is 166 Å². The van der Waals surface area contributed by atoms with Gasteiger partial charge in [0.15, 0.2) is 0 Å². The maximum Gasteiger partial charge on any atom is 0.323 e. The molecule has 0 unspecified atom stereocenters. The van der Waals surface area contributed by atoms with Crippen LogP contribution in [0, 0.1) is 5.82 Å². The van der Waals surface area contributed by atoms with Crippen LogP contribution in [0.25, 0.3) is 6.08 Å². The van der Waals surface area contributed by atoms with E-state index in [1.54, 1.807) is 23.1 Å². The highest BCUT2D eigenvalue weighted by atomic mass is 35.5. The minimum absolute atomic E-state index is 0.0679. The van der Waals surface area contributed by atoms with E-state index in [-0.39, 0.29) is 23.2 Å². The molecule has 1 aromatic rings. The molecular weight excluding hydrogens is 393 g/mol. The summed E-state index contributed by atoms with van der Waals surface area (Å²) in [5, 5.41) is 2.65. The Morgan fingerprint density at radius 2 is 2.00 bits per heavy atom. The molecule has 7 nitrogen and oxygen atoms in total. The van der Waals surface area contributed by atoms with Gasteiger partial charge in [-0.25, -0.2) is 14.2 Å². The van der Waals surface area contributed by atoms with Crippen molar-refractivity contribution < 1.29 is 14.0 Å². The second-order valence-electron chi connectivity index (χ2n) is 5.94. The first kappa shape index (κ1) is 20.8. The largest absolute Gasteiger partial charge is 0.387 e. The van der Waals surface area contributed by atoms with Crippen LogP contribution in [0.2, 0.25) is 5.02 Å². The number of thiocarbonyl (C=S) groups is 1. The van der Waals surface area contributed by atoms with Gasteiger partial charge >= 0.3 is 6.03 Å². The van der Waals surface area contributed by atoms with Crippen LogP contribution in [-0.2, 0) is 4.79 Å². The summed E-state index contributed by atoms with van der Waals surface area (Å²) < 4.78 is 13.9. The smallest absolute Gasteiger partial charge is 0.323 e. The van der Waals surface area contributed by atoms with E-state index in [1.807, 2.05) is 0 Å². The topological polar surface area (TPSA) is 114 Å². The summed E-state index contributed by atoms with van der Waals surface area (Å²) in [6.45, 7) is 0.909. The number of likely N-dealkylation sites (tertiary alicyclic amines) is 1. The van der Waals surface area contributed by atoms with Crippen LogP contribution in [-0.4, -0.2) is 40.9 Å². The van der Waals surface area contributed by atoms with Gasteiger partial charge in [0.1, 0.15) is 11.7 Å². The standard InChI is InChI=1S/C17H19ClFN5O2S/c18-12-2-1-11(13(19)8-12)7-10-3-5-24(6-4-10)17(26)23-16(27)22-14(20)9-15(21)25/h1-2,7-8H,3-6,9H2,(H2,21,25)(H3,20,22,23,26,27). The number of amidine groups is 1. The normalized spacial score (nSPS) is 14.7. The van der Waals surface area contributed by atoms with Crippen molar-refractivity contribution in [2.24, 2.45) is 16.5 Å². The van der Waals surface area contributed by atoms with Crippen LogP contribution >= 0.6 is 23.8 Å². The summed E-state index contributed by atoms with van der Waals surface area (Å²) in [7, 11) is 0. The molecule has 0 bridgehead atoms. The van der Waals surface area contributed by atoms with Crippen molar-refractivity contribution in [3.05, 3.63) is 40.2 Å². The van der Waals surface area contributed by atoms with E-state index in [1.165, 1.54) is 6.07 Å². The minimum atomic E-state index is -0.641. The molecule has 0 radical (unpaired) electrons. The highest BCUT2D eigenvalue weighted by Gasteiger charge is 2.20. The molecule has 144 valence electrons. The maximum atomic E-state index is 13.9. The number of carbonyl (C=O) groups is 2. The molecule has 1 aromatic carbocycles. The second-order valence-corrected chi connectivity index (χ2v) is 6.76. The summed E-state index contributed by atoms with van der Waals surface area (Å²) in [5.74, 6) is -1.09. The molecule has 0 saturated carbocycles. The molecule has 0 aromatic heterocycles. The maximum absolute atomic E-state index is 13.9. The average molecular weight is 412 g/mol. The molecule has 1 aliphatic heterocycles. The molecule has 27 heavy (non-hydrogen) atoms. The Morgan fingerprint density at radius 3 is 2.59 bits per heavy atom. The van der Waals surface area contributed by atoms with Gasteiger partial charge in [0.2, 0.25) is 11.0 Å². The van der Waals surface area contributed by atoms with Crippen molar-refractivity contribution in [3.8, 4) is 0 Å². The lowest BCUT2D eigenvalue weighted by Gasteiger charge is -2.28. The number of primary amides is 1. The Morgan fingerprint density at radius 1 is 1.33 bits per heavy atom. The lowest BCUT2D eigenvalue weighted by molar-refractivity contribution is -0.116. The monoisotopic (exact) mass is 411 g/mol. The molecule has 0 aliphatic carbocycles. The first-order chi connectivity index (χ1) is 12.7. The summed E-state index contributed by atoms with van der Waals surface area (Å²) in [4.78, 5) is 28.3. The molecule has 1 saturated heterocycles. The molecule has 10 heteroatoms. The van der Waals surface area contributed by atoms with Gasteiger partial charge in [-0.3, -0.25) is 10.1 Å². The highest BCUT2D eigenvalue weighted by Crippen LogP contribution is 2.22. The predicted octanol–water partition coefficient (Wildman–Crippen LogP) is 2.19. The summed E-state index contributed by atoms with van der Waals surface area (Å²) in [5.41, 5.74) is 12.0. The number of nitrogens with two attached hydrogens (primary N) is 2. The van der Waals surface area contributed by atoms with Crippen molar-refractivity contribution >= 4 is 52.8 Å². The van der Waals surface area contributed by atoms with Crippen molar-refractivity contribution in [1.82, 2.24) is 10.2 Å². The summed E-state index contributed by atoms with van der Waals surface area (Å²) >= 11 is 10.7. The fourth-order valence-electron chi connectivity index (χ4n) is 2.53. The van der Waals surface area contributed by atoms with Gasteiger partial charge in [0.25, 0.3) is 0 Å². The lowest BCUT2D eigenvalue weighted by atomic mass is 10.0. The molecule has 5 N–H and O–H groups in total. The van der Waals surface area contributed by atoms with Gasteiger partial charge in [0.05, 0.1) is 6.42 Å². The van der Waals surface area contributed by atoms with E-state index in [0.717, 1.165) is 5.57 Å². The van der Waals surface area contributed by atoms with Crippen molar-refractivity contribution in [2.45, 2.75) is 19.3 Å². The average Bonchev–Trinajstić information content (AvgIpc) is 2.57. The number of rotatable bonds is 3. The minimum Gasteiger partial charge on any atom is -0.387 e. The van der Waals surface area contributed by atoms with Gasteiger partial charge in [-0.2, -0.15) is 0 Å². The van der Waals surface area contributed by atoms with Crippen LogP contribution in [0.1, 0.15) is 24.8 Å². The van der Waals surface area contributed by atoms with Crippen molar-refractivity contribution in [1.29, 1.82) is 0 Å². The number of halogens is 2. The van der Waals surface area contributed by atoms with Crippen LogP contribution < -0.4 is 16.8 Å². The van der Waals surface area contributed by atoms with Gasteiger partial charge in [-0.15, -0.1) is 0 Å². The molecule has 1 heterocycles.